The van der Waals surface area contributed by atoms with Gasteiger partial charge in [0.05, 0.1) is 5.52 Å². The van der Waals surface area contributed by atoms with E-state index in [-0.39, 0.29) is 5.91 Å². The molecular weight excluding hydrogens is 311 g/mol. The van der Waals surface area contributed by atoms with Crippen LogP contribution in [0.2, 0.25) is 0 Å². The summed E-state index contributed by atoms with van der Waals surface area (Å²) in [6, 6.07) is 17.1. The lowest BCUT2D eigenvalue weighted by Gasteiger charge is -2.11. The molecule has 0 aliphatic rings. The van der Waals surface area contributed by atoms with E-state index in [0.29, 0.717) is 16.8 Å². The Balaban J connectivity index is 1.81. The molecule has 2 radical (unpaired) electrons. The Hall–Kier alpha value is -3.41. The minimum Gasteiger partial charge on any atom is -0.306 e. The number of benzene rings is 1. The predicted octanol–water partition coefficient (Wildman–Crippen LogP) is 2.44. The molecule has 1 N–H and O–H groups in total. The predicted molar refractivity (Wildman–Crippen MR) is 98.2 cm³/mol. The van der Waals surface area contributed by atoms with Crippen molar-refractivity contribution in [3.05, 3.63) is 78.8 Å². The molecule has 3 heterocycles. The first-order valence-corrected chi connectivity index (χ1v) is 7.76. The highest BCUT2D eigenvalue weighted by Gasteiger charge is 2.12. The van der Waals surface area contributed by atoms with Gasteiger partial charge in [-0.3, -0.25) is 9.78 Å². The van der Waals surface area contributed by atoms with E-state index < -0.39 is 0 Å². The van der Waals surface area contributed by atoms with Crippen LogP contribution in [0.5, 0.6) is 0 Å². The van der Waals surface area contributed by atoms with Crippen molar-refractivity contribution in [3.63, 3.8) is 0 Å². The number of pyridine rings is 2. The number of hydrogen-bond donors (Lipinski definition) is 1. The third-order valence-electron chi connectivity index (χ3n) is 3.94. The summed E-state index contributed by atoms with van der Waals surface area (Å²) in [4.78, 5) is 16.4. The lowest BCUT2D eigenvalue weighted by molar-refractivity contribution is 0.102. The number of fused-ring (bicyclic) bond motifs is 1. The zero-order valence-electron chi connectivity index (χ0n) is 13.3. The first-order chi connectivity index (χ1) is 12.2. The summed E-state index contributed by atoms with van der Waals surface area (Å²) in [5.74, 6) is 0.317. The maximum atomic E-state index is 12.5. The van der Waals surface area contributed by atoms with Crippen molar-refractivity contribution < 1.29 is 4.79 Å². The molecule has 0 unspecified atom stereocenters. The molecule has 25 heavy (non-hydrogen) atoms. The van der Waals surface area contributed by atoms with Gasteiger partial charge in [-0.05, 0) is 35.4 Å². The Morgan fingerprint density at radius 2 is 1.76 bits per heavy atom. The lowest BCUT2D eigenvalue weighted by Crippen LogP contribution is -2.15. The molecule has 0 atom stereocenters. The highest BCUT2D eigenvalue weighted by Crippen LogP contribution is 2.24. The number of hydrogen-bond acceptors (Lipinski definition) is 3. The Kier molecular flexibility index (Phi) is 3.78. The number of aromatic nitrogens is 3. The Morgan fingerprint density at radius 3 is 2.52 bits per heavy atom. The molecule has 3 aromatic heterocycles. The molecule has 0 saturated heterocycles. The lowest BCUT2D eigenvalue weighted by atomic mass is 9.96. The van der Waals surface area contributed by atoms with Crippen molar-refractivity contribution in [1.82, 2.24) is 14.6 Å². The van der Waals surface area contributed by atoms with Crippen LogP contribution in [0, 0.1) is 0 Å². The van der Waals surface area contributed by atoms with Crippen molar-refractivity contribution in [1.29, 1.82) is 0 Å². The minimum atomic E-state index is -0.233. The van der Waals surface area contributed by atoms with E-state index in [1.54, 1.807) is 35.2 Å². The van der Waals surface area contributed by atoms with E-state index in [1.165, 1.54) is 0 Å². The summed E-state index contributed by atoms with van der Waals surface area (Å²) < 4.78 is 1.63. The topological polar surface area (TPSA) is 59.3 Å². The third kappa shape index (κ3) is 2.90. The van der Waals surface area contributed by atoms with Gasteiger partial charge in [-0.25, -0.2) is 4.52 Å². The van der Waals surface area contributed by atoms with Crippen LogP contribution in [0.3, 0.4) is 0 Å². The second kappa shape index (κ2) is 6.24. The molecule has 0 spiro atoms. The molecule has 0 bridgehead atoms. The number of amides is 1. The fourth-order valence-electron chi connectivity index (χ4n) is 2.68. The van der Waals surface area contributed by atoms with Gasteiger partial charge in [0.2, 0.25) is 0 Å². The minimum absolute atomic E-state index is 0.233. The van der Waals surface area contributed by atoms with Crippen LogP contribution >= 0.6 is 0 Å². The summed E-state index contributed by atoms with van der Waals surface area (Å²) >= 11 is 0. The summed E-state index contributed by atoms with van der Waals surface area (Å²) in [5.41, 5.74) is 3.80. The Bertz CT molecular complexity index is 1050. The first-order valence-electron chi connectivity index (χ1n) is 7.76. The van der Waals surface area contributed by atoms with Crippen LogP contribution < -0.4 is 10.8 Å². The second-order valence-electron chi connectivity index (χ2n) is 5.58. The van der Waals surface area contributed by atoms with Gasteiger partial charge in [0.25, 0.3) is 5.91 Å². The molecule has 1 amide bonds. The monoisotopic (exact) mass is 324 g/mol. The maximum absolute atomic E-state index is 12.5. The highest BCUT2D eigenvalue weighted by molar-refractivity contribution is 6.36. The average Bonchev–Trinajstić information content (AvgIpc) is 3.04. The van der Waals surface area contributed by atoms with Gasteiger partial charge >= 0.3 is 0 Å². The fraction of sp³-hybridized carbons (Fsp3) is 0. The van der Waals surface area contributed by atoms with Gasteiger partial charge in [-0.15, -0.1) is 0 Å². The fourth-order valence-corrected chi connectivity index (χ4v) is 2.68. The van der Waals surface area contributed by atoms with Gasteiger partial charge < -0.3 is 5.32 Å². The van der Waals surface area contributed by atoms with E-state index in [2.05, 4.69) is 15.4 Å². The van der Waals surface area contributed by atoms with E-state index in [4.69, 9.17) is 7.85 Å². The highest BCUT2D eigenvalue weighted by atomic mass is 16.1. The van der Waals surface area contributed by atoms with Gasteiger partial charge in [-0.1, -0.05) is 35.8 Å². The van der Waals surface area contributed by atoms with Gasteiger partial charge in [0.1, 0.15) is 13.7 Å². The van der Waals surface area contributed by atoms with Crippen LogP contribution in [-0.4, -0.2) is 28.4 Å². The number of anilines is 1. The zero-order valence-corrected chi connectivity index (χ0v) is 13.3. The standard InChI is InChI=1S/C19H13BN4O/c20-16-12-22-24-17(16)10-15(13-4-2-1-3-5-13)11-18(24)23-19(25)14-6-8-21-9-7-14/h1-12H,(H,23,25). The Morgan fingerprint density at radius 1 is 1.00 bits per heavy atom. The number of rotatable bonds is 3. The van der Waals surface area contributed by atoms with E-state index in [0.717, 1.165) is 16.6 Å². The molecule has 5 nitrogen and oxygen atoms in total. The van der Waals surface area contributed by atoms with Gasteiger partial charge in [-0.2, -0.15) is 5.10 Å². The number of nitrogens with zero attached hydrogens (tertiary/aromatic N) is 3. The van der Waals surface area contributed by atoms with Crippen molar-refractivity contribution in [2.24, 2.45) is 0 Å². The van der Waals surface area contributed by atoms with Crippen LogP contribution in [0.15, 0.2) is 73.2 Å². The zero-order chi connectivity index (χ0) is 17.2. The quantitative estimate of drug-likeness (QED) is 0.589. The third-order valence-corrected chi connectivity index (χ3v) is 3.94. The molecule has 0 aliphatic heterocycles. The summed E-state index contributed by atoms with van der Waals surface area (Å²) in [6.45, 7) is 0. The molecule has 4 aromatic rings. The molecular formula is C19H13BN4O. The van der Waals surface area contributed by atoms with Crippen LogP contribution in [0.1, 0.15) is 10.4 Å². The molecule has 4 rings (SSSR count). The summed E-state index contributed by atoms with van der Waals surface area (Å²) in [5, 5.41) is 7.17. The van der Waals surface area contributed by atoms with Crippen molar-refractivity contribution in [2.75, 3.05) is 5.32 Å². The van der Waals surface area contributed by atoms with E-state index >= 15 is 0 Å². The van der Waals surface area contributed by atoms with Gasteiger partial charge in [0, 0.05) is 24.2 Å². The van der Waals surface area contributed by atoms with Crippen LogP contribution in [-0.2, 0) is 0 Å². The molecule has 0 fully saturated rings. The largest absolute Gasteiger partial charge is 0.306 e. The number of carbonyl (C=O) groups is 1. The van der Waals surface area contributed by atoms with E-state index in [1.807, 2.05) is 42.5 Å². The molecule has 118 valence electrons. The molecule has 0 saturated carbocycles. The van der Waals surface area contributed by atoms with E-state index in [9.17, 15) is 4.79 Å². The smallest absolute Gasteiger partial charge is 0.256 e. The number of carbonyl (C=O) groups excluding carboxylic acids is 1. The van der Waals surface area contributed by atoms with Crippen molar-refractivity contribution in [3.8, 4) is 11.1 Å². The normalized spacial score (nSPS) is 10.7. The summed E-state index contributed by atoms with van der Waals surface area (Å²) in [6.07, 6.45) is 4.74. The first kappa shape index (κ1) is 15.1. The molecule has 0 aliphatic carbocycles. The van der Waals surface area contributed by atoms with Crippen LogP contribution in [0.4, 0.5) is 5.82 Å². The number of nitrogens with one attached hydrogen (secondary N) is 1. The average molecular weight is 324 g/mol. The maximum Gasteiger partial charge on any atom is 0.256 e. The van der Waals surface area contributed by atoms with Crippen LogP contribution in [0.25, 0.3) is 16.6 Å². The molecule has 6 heteroatoms. The SMILES string of the molecule is [B]c1cnn2c(NC(=O)c3ccncc3)cc(-c3ccccc3)cc12. The second-order valence-corrected chi connectivity index (χ2v) is 5.58. The van der Waals surface area contributed by atoms with Gasteiger partial charge in [0.15, 0.2) is 0 Å². The van der Waals surface area contributed by atoms with Crippen molar-refractivity contribution in [2.45, 2.75) is 0 Å². The molecule has 1 aromatic carbocycles. The van der Waals surface area contributed by atoms with Crippen molar-refractivity contribution >= 4 is 30.6 Å². The summed E-state index contributed by atoms with van der Waals surface area (Å²) in [7, 11) is 6.03. The Labute approximate surface area is 145 Å².